The monoisotopic (exact) mass is 412 g/mol. The lowest BCUT2D eigenvalue weighted by Crippen LogP contribution is -2.50. The smallest absolute Gasteiger partial charge is 0.225 e. The van der Waals surface area contributed by atoms with Crippen molar-refractivity contribution in [2.45, 2.75) is 45.3 Å². The maximum atomic E-state index is 6.82. The normalized spacial score (nSPS) is 23.5. The summed E-state index contributed by atoms with van der Waals surface area (Å²) in [5, 5.41) is 9.68. The predicted octanol–water partition coefficient (Wildman–Crippen LogP) is 4.98. The Balaban J connectivity index is 1.59. The Morgan fingerprint density at radius 1 is 0.742 bits per heavy atom. The largest absolute Gasteiger partial charge is 0.478 e. The van der Waals surface area contributed by atoms with Crippen molar-refractivity contribution < 1.29 is 9.47 Å². The number of benzene rings is 2. The Kier molecular flexibility index (Phi) is 3.53. The van der Waals surface area contributed by atoms with Crippen LogP contribution >= 0.6 is 0 Å². The molecule has 2 aliphatic heterocycles. The number of ether oxygens (including phenoxy) is 2. The zero-order valence-corrected chi connectivity index (χ0v) is 18.1. The van der Waals surface area contributed by atoms with Gasteiger partial charge in [-0.2, -0.15) is 10.2 Å². The zero-order chi connectivity index (χ0) is 21.4. The first kappa shape index (κ1) is 18.2. The van der Waals surface area contributed by atoms with Gasteiger partial charge in [-0.3, -0.25) is 0 Å². The highest BCUT2D eigenvalue weighted by molar-refractivity contribution is 5.53. The molecule has 0 amide bonds. The molecule has 156 valence electrons. The summed E-state index contributed by atoms with van der Waals surface area (Å²) in [6.45, 7) is 8.29. The van der Waals surface area contributed by atoms with E-state index in [9.17, 15) is 0 Å². The van der Waals surface area contributed by atoms with Crippen LogP contribution in [0.2, 0.25) is 0 Å². The highest BCUT2D eigenvalue weighted by Crippen LogP contribution is 2.57. The summed E-state index contributed by atoms with van der Waals surface area (Å²) < 4.78 is 17.4. The molecule has 2 atom stereocenters. The molecular formula is C25H24N4O2. The summed E-state index contributed by atoms with van der Waals surface area (Å²) in [6, 6.07) is 20.2. The van der Waals surface area contributed by atoms with Crippen molar-refractivity contribution in [2.24, 2.45) is 0 Å². The Bertz CT molecular complexity index is 1310. The zero-order valence-electron chi connectivity index (χ0n) is 18.1. The highest BCUT2D eigenvalue weighted by Gasteiger charge is 2.57. The van der Waals surface area contributed by atoms with Crippen LogP contribution in [0.3, 0.4) is 0 Å². The molecule has 0 fully saturated rings. The van der Waals surface area contributed by atoms with Gasteiger partial charge in [-0.25, -0.2) is 9.36 Å². The first-order valence-corrected chi connectivity index (χ1v) is 10.6. The maximum Gasteiger partial charge on any atom is 0.225 e. The van der Waals surface area contributed by atoms with Gasteiger partial charge in [0.15, 0.2) is 11.4 Å². The Hall–Kier alpha value is -3.54. The number of para-hydroxylation sites is 2. The molecular weight excluding hydrogens is 388 g/mol. The van der Waals surface area contributed by atoms with E-state index < -0.39 is 11.2 Å². The molecule has 4 heterocycles. The molecule has 2 bridgehead atoms. The molecule has 0 saturated heterocycles. The van der Waals surface area contributed by atoms with Crippen molar-refractivity contribution in [2.75, 3.05) is 0 Å². The first-order valence-electron chi connectivity index (χ1n) is 10.6. The summed E-state index contributed by atoms with van der Waals surface area (Å²) in [7, 11) is 0. The highest BCUT2D eigenvalue weighted by atomic mass is 16.5. The maximum absolute atomic E-state index is 6.82. The van der Waals surface area contributed by atoms with E-state index in [1.54, 1.807) is 0 Å². The van der Waals surface area contributed by atoms with Crippen molar-refractivity contribution in [1.29, 1.82) is 0 Å². The lowest BCUT2D eigenvalue weighted by molar-refractivity contribution is -0.0800. The lowest BCUT2D eigenvalue weighted by Gasteiger charge is -2.48. The van der Waals surface area contributed by atoms with Crippen molar-refractivity contribution >= 4 is 0 Å². The van der Waals surface area contributed by atoms with Crippen molar-refractivity contribution in [3.63, 3.8) is 0 Å². The van der Waals surface area contributed by atoms with Gasteiger partial charge >= 0.3 is 0 Å². The van der Waals surface area contributed by atoms with Gasteiger partial charge in [-0.05, 0) is 52.0 Å². The molecule has 0 N–H and O–H groups in total. The van der Waals surface area contributed by atoms with Gasteiger partial charge in [-0.1, -0.05) is 36.4 Å². The van der Waals surface area contributed by atoms with Gasteiger partial charge in [0, 0.05) is 6.42 Å². The average molecular weight is 412 g/mol. The fraction of sp³-hybridized carbons (Fsp3) is 0.280. The topological polar surface area (TPSA) is 54.1 Å². The second-order valence-corrected chi connectivity index (χ2v) is 8.87. The quantitative estimate of drug-likeness (QED) is 0.466. The molecule has 2 aliphatic rings. The van der Waals surface area contributed by atoms with Gasteiger partial charge in [0.25, 0.3) is 0 Å². The number of nitrogens with zero attached hydrogens (tertiary/aromatic N) is 4. The van der Waals surface area contributed by atoms with Gasteiger partial charge in [-0.15, -0.1) is 0 Å². The van der Waals surface area contributed by atoms with E-state index in [4.69, 9.17) is 19.7 Å². The van der Waals surface area contributed by atoms with Gasteiger partial charge in [0.1, 0.15) is 17.0 Å². The van der Waals surface area contributed by atoms with Crippen molar-refractivity contribution in [3.8, 4) is 23.0 Å². The van der Waals surface area contributed by atoms with Crippen LogP contribution in [0.4, 0.5) is 0 Å². The van der Waals surface area contributed by atoms with Crippen LogP contribution in [-0.4, -0.2) is 19.6 Å². The van der Waals surface area contributed by atoms with Crippen molar-refractivity contribution in [1.82, 2.24) is 19.6 Å². The van der Waals surface area contributed by atoms with Crippen LogP contribution in [0.1, 0.15) is 42.9 Å². The molecule has 6 heteroatoms. The molecule has 0 spiro atoms. The van der Waals surface area contributed by atoms with Crippen LogP contribution in [-0.2, 0) is 11.2 Å². The second-order valence-electron chi connectivity index (χ2n) is 8.87. The molecule has 2 aromatic heterocycles. The number of hydrogen-bond donors (Lipinski definition) is 0. The van der Waals surface area contributed by atoms with E-state index in [1.807, 2.05) is 71.7 Å². The number of aromatic nitrogens is 4. The fourth-order valence-corrected chi connectivity index (χ4v) is 5.23. The third kappa shape index (κ3) is 2.45. The lowest BCUT2D eigenvalue weighted by atomic mass is 9.77. The SMILES string of the molecule is Cc1nn(-c2ccccc2)c2c1OC1(C)CC2(C)Oc2c1c(C)nn2-c1ccccc1. The minimum absolute atomic E-state index is 0.554. The number of hydrogen-bond acceptors (Lipinski definition) is 4. The third-order valence-electron chi connectivity index (χ3n) is 6.38. The standard InChI is InChI=1S/C25H24N4O2/c1-16-20-23(29(26-16)19-13-9-6-10-14-19)31-25(4)15-24(20,3)30-21-17(2)27-28(22(21)25)18-11-7-5-8-12-18/h5-14H,15H2,1-4H3. The third-order valence-corrected chi connectivity index (χ3v) is 6.38. The van der Waals surface area contributed by atoms with Crippen LogP contribution in [0.5, 0.6) is 11.6 Å². The summed E-state index contributed by atoms with van der Waals surface area (Å²) in [5.74, 6) is 1.54. The van der Waals surface area contributed by atoms with Crippen LogP contribution in [0.15, 0.2) is 60.7 Å². The predicted molar refractivity (Wildman–Crippen MR) is 117 cm³/mol. The molecule has 6 nitrogen and oxygen atoms in total. The van der Waals surface area contributed by atoms with E-state index in [1.165, 1.54) is 0 Å². The van der Waals surface area contributed by atoms with E-state index in [-0.39, 0.29) is 0 Å². The Morgan fingerprint density at radius 3 is 1.97 bits per heavy atom. The molecule has 2 unspecified atom stereocenters. The summed E-state index contributed by atoms with van der Waals surface area (Å²) >= 11 is 0. The van der Waals surface area contributed by atoms with Crippen LogP contribution in [0, 0.1) is 13.8 Å². The van der Waals surface area contributed by atoms with E-state index in [2.05, 4.69) is 26.0 Å². The minimum Gasteiger partial charge on any atom is -0.478 e. The van der Waals surface area contributed by atoms with E-state index in [0.717, 1.165) is 45.6 Å². The molecule has 6 rings (SSSR count). The molecule has 4 aromatic rings. The van der Waals surface area contributed by atoms with E-state index in [0.29, 0.717) is 6.42 Å². The summed E-state index contributed by atoms with van der Waals surface area (Å²) in [4.78, 5) is 0. The van der Waals surface area contributed by atoms with Gasteiger partial charge < -0.3 is 9.47 Å². The Labute approximate surface area is 181 Å². The molecule has 0 aliphatic carbocycles. The Morgan fingerprint density at radius 2 is 1.32 bits per heavy atom. The first-order chi connectivity index (χ1) is 14.9. The molecule has 0 saturated carbocycles. The van der Waals surface area contributed by atoms with E-state index >= 15 is 0 Å². The van der Waals surface area contributed by atoms with Gasteiger partial charge in [0.2, 0.25) is 5.88 Å². The van der Waals surface area contributed by atoms with Crippen LogP contribution < -0.4 is 9.47 Å². The number of aryl methyl sites for hydroxylation is 2. The fourth-order valence-electron chi connectivity index (χ4n) is 5.23. The average Bonchev–Trinajstić information content (AvgIpc) is 3.26. The minimum atomic E-state index is -0.620. The number of rotatable bonds is 2. The summed E-state index contributed by atoms with van der Waals surface area (Å²) in [5.41, 5.74) is 4.50. The van der Waals surface area contributed by atoms with Gasteiger partial charge in [0.05, 0.1) is 22.6 Å². The molecule has 31 heavy (non-hydrogen) atoms. The van der Waals surface area contributed by atoms with Crippen LogP contribution in [0.25, 0.3) is 11.4 Å². The molecule has 2 aromatic carbocycles. The van der Waals surface area contributed by atoms with Crippen molar-refractivity contribution in [3.05, 3.63) is 83.3 Å². The summed E-state index contributed by atoms with van der Waals surface area (Å²) in [6.07, 6.45) is 0.680. The second kappa shape index (κ2) is 6.00. The molecule has 0 radical (unpaired) electrons. The number of fused-ring (bicyclic) bond motifs is 6.